The summed E-state index contributed by atoms with van der Waals surface area (Å²) in [6.45, 7) is 2.03. The molecule has 230 valence electrons. The van der Waals surface area contributed by atoms with Crippen molar-refractivity contribution in [2.45, 2.75) is 62.6 Å². The summed E-state index contributed by atoms with van der Waals surface area (Å²) in [5, 5.41) is 13.2. The summed E-state index contributed by atoms with van der Waals surface area (Å²) in [5.41, 5.74) is 1.28. The van der Waals surface area contributed by atoms with Gasteiger partial charge in [0.1, 0.15) is 0 Å². The van der Waals surface area contributed by atoms with Gasteiger partial charge >= 0.3 is 17.8 Å². The van der Waals surface area contributed by atoms with Crippen molar-refractivity contribution in [1.29, 1.82) is 0 Å². The van der Waals surface area contributed by atoms with Gasteiger partial charge in [0.25, 0.3) is 0 Å². The number of nitrogens with zero attached hydrogens (tertiary/aromatic N) is 5. The minimum atomic E-state index is -0.932. The molecule has 0 bridgehead atoms. The maximum Gasteiger partial charge on any atom is 0.327 e. The van der Waals surface area contributed by atoms with Gasteiger partial charge in [0.05, 0.1) is 11.6 Å². The number of fused-ring (bicyclic) bond motifs is 1. The highest BCUT2D eigenvalue weighted by molar-refractivity contribution is 5.76. The Hall–Kier alpha value is -4.00. The van der Waals surface area contributed by atoms with Gasteiger partial charge in [-0.25, -0.2) is 28.1 Å². The zero-order chi connectivity index (χ0) is 30.1. The van der Waals surface area contributed by atoms with Crippen LogP contribution in [0.2, 0.25) is 0 Å². The number of piperidine rings is 2. The topological polar surface area (TPSA) is 127 Å². The second-order valence-corrected chi connectivity index (χ2v) is 11.9. The smallest absolute Gasteiger partial charge is 0.327 e. The van der Waals surface area contributed by atoms with Crippen molar-refractivity contribution in [3.05, 3.63) is 64.2 Å². The van der Waals surface area contributed by atoms with Gasteiger partial charge in [0.2, 0.25) is 0 Å². The number of aromatic amines is 1. The second kappa shape index (κ2) is 12.3. The van der Waals surface area contributed by atoms with E-state index in [1.165, 1.54) is 6.07 Å². The van der Waals surface area contributed by atoms with Crippen LogP contribution in [-0.4, -0.2) is 97.8 Å². The number of carbonyl (C=O) groups excluding carboxylic acids is 2. The van der Waals surface area contributed by atoms with E-state index in [4.69, 9.17) is 0 Å². The van der Waals surface area contributed by atoms with Crippen LogP contribution in [0.25, 0.3) is 11.2 Å². The molecule has 3 atom stereocenters. The van der Waals surface area contributed by atoms with Gasteiger partial charge in [-0.1, -0.05) is 12.1 Å². The number of carbonyl (C=O) groups is 2. The predicted octanol–water partition coefficient (Wildman–Crippen LogP) is 3.17. The molecule has 1 unspecified atom stereocenters. The van der Waals surface area contributed by atoms with Crippen molar-refractivity contribution < 1.29 is 23.5 Å². The molecule has 3 aliphatic rings. The Balaban J connectivity index is 1.14. The van der Waals surface area contributed by atoms with Crippen LogP contribution in [0.4, 0.5) is 18.4 Å². The normalized spacial score (nSPS) is 23.8. The Morgan fingerprint density at radius 2 is 1.74 bits per heavy atom. The minimum absolute atomic E-state index is 0.0673. The van der Waals surface area contributed by atoms with Crippen molar-refractivity contribution in [3.63, 3.8) is 0 Å². The highest BCUT2D eigenvalue weighted by Crippen LogP contribution is 2.31. The number of aliphatic hydroxyl groups is 1. The average molecular weight is 598 g/mol. The summed E-state index contributed by atoms with van der Waals surface area (Å²) in [4.78, 5) is 51.6. The molecule has 3 N–H and O–H groups in total. The lowest BCUT2D eigenvalue weighted by Crippen LogP contribution is -2.54. The van der Waals surface area contributed by atoms with Crippen LogP contribution >= 0.6 is 0 Å². The molecule has 5 heterocycles. The van der Waals surface area contributed by atoms with E-state index in [2.05, 4.69) is 15.3 Å². The quantitative estimate of drug-likeness (QED) is 0.428. The number of benzene rings is 1. The number of aromatic nitrogens is 3. The van der Waals surface area contributed by atoms with Crippen LogP contribution in [-0.2, 0) is 0 Å². The van der Waals surface area contributed by atoms with E-state index in [0.29, 0.717) is 63.8 Å². The molecule has 3 saturated heterocycles. The van der Waals surface area contributed by atoms with Crippen molar-refractivity contribution in [1.82, 2.24) is 34.6 Å². The van der Waals surface area contributed by atoms with Crippen molar-refractivity contribution in [3.8, 4) is 0 Å². The van der Waals surface area contributed by atoms with E-state index in [9.17, 15) is 28.3 Å². The molecule has 13 heteroatoms. The van der Waals surface area contributed by atoms with Gasteiger partial charge in [-0.05, 0) is 62.3 Å². The molecular weight excluding hydrogens is 560 g/mol. The number of hydrogen-bond acceptors (Lipinski definition) is 5. The number of amides is 4. The fraction of sp³-hybridized carbons (Fsp3) is 0.533. The number of H-pyrrole nitrogens is 1. The van der Waals surface area contributed by atoms with Crippen molar-refractivity contribution in [2.24, 2.45) is 0 Å². The molecule has 0 aliphatic carbocycles. The molecule has 2 aromatic heterocycles. The molecule has 4 amide bonds. The molecule has 0 radical (unpaired) electrons. The first-order valence-corrected chi connectivity index (χ1v) is 15.0. The Morgan fingerprint density at radius 3 is 2.53 bits per heavy atom. The van der Waals surface area contributed by atoms with E-state index in [1.54, 1.807) is 37.6 Å². The van der Waals surface area contributed by atoms with Gasteiger partial charge in [0.15, 0.2) is 17.3 Å². The molecule has 6 rings (SSSR count). The third-order valence-corrected chi connectivity index (χ3v) is 9.04. The number of pyridine rings is 1. The number of hydrogen-bond donors (Lipinski definition) is 3. The SMILES string of the molecule is O=C(N[C@@H]1CC[C@@H](c2cccc(F)c2F)CN(C(=O)N2CCCC(O)C2)C1)N1CCC(n2c(=O)[nH]c3ncccc32)CC1. The lowest BCUT2D eigenvalue weighted by molar-refractivity contribution is 0.0699. The van der Waals surface area contributed by atoms with E-state index in [-0.39, 0.29) is 49.0 Å². The van der Waals surface area contributed by atoms with Crippen molar-refractivity contribution >= 4 is 23.2 Å². The van der Waals surface area contributed by atoms with Gasteiger partial charge < -0.3 is 25.1 Å². The number of halogens is 2. The van der Waals surface area contributed by atoms with Gasteiger partial charge in [-0.3, -0.25) is 9.55 Å². The fourth-order valence-corrected chi connectivity index (χ4v) is 6.80. The summed E-state index contributed by atoms with van der Waals surface area (Å²) in [5.74, 6) is -2.29. The van der Waals surface area contributed by atoms with Gasteiger partial charge in [-0.2, -0.15) is 0 Å². The summed E-state index contributed by atoms with van der Waals surface area (Å²) < 4.78 is 30.7. The Labute approximate surface area is 247 Å². The standard InChI is InChI=1S/C30H37F2N7O4/c31-24-6-1-5-23(26(24)32)19-8-9-20(17-38(16-19)30(43)37-13-3-4-22(40)18-37)34-28(41)36-14-10-21(11-15-36)39-25-7-2-12-33-27(25)35-29(39)42/h1-2,5-7,12,19-22,40H,3-4,8-11,13-18H2,(H,34,41)(H,33,35,42)/t19-,20-,22?/m1/s1. The largest absolute Gasteiger partial charge is 0.391 e. The number of nitrogens with one attached hydrogen (secondary N) is 2. The minimum Gasteiger partial charge on any atom is -0.391 e. The molecule has 0 saturated carbocycles. The highest BCUT2D eigenvalue weighted by Gasteiger charge is 2.35. The molecule has 0 spiro atoms. The molecule has 3 aromatic rings. The number of likely N-dealkylation sites (tertiary alicyclic amines) is 3. The van der Waals surface area contributed by atoms with Crippen LogP contribution in [0.15, 0.2) is 41.3 Å². The van der Waals surface area contributed by atoms with E-state index < -0.39 is 29.7 Å². The molecule has 43 heavy (non-hydrogen) atoms. The first-order chi connectivity index (χ1) is 20.8. The summed E-state index contributed by atoms with van der Waals surface area (Å²) in [6.07, 6.45) is 4.47. The van der Waals surface area contributed by atoms with Gasteiger partial charge in [0, 0.05) is 63.5 Å². The van der Waals surface area contributed by atoms with E-state index >= 15 is 0 Å². The van der Waals surface area contributed by atoms with E-state index in [1.807, 2.05) is 6.07 Å². The lowest BCUT2D eigenvalue weighted by atomic mass is 9.93. The number of urea groups is 2. The number of rotatable bonds is 3. The molecule has 1 aromatic carbocycles. The average Bonchev–Trinajstić information content (AvgIpc) is 3.20. The second-order valence-electron chi connectivity index (χ2n) is 11.9. The predicted molar refractivity (Wildman–Crippen MR) is 155 cm³/mol. The van der Waals surface area contributed by atoms with Crippen LogP contribution in [0, 0.1) is 11.6 Å². The summed E-state index contributed by atoms with van der Waals surface area (Å²) in [6, 6.07) is 6.74. The summed E-state index contributed by atoms with van der Waals surface area (Å²) >= 11 is 0. The number of β-amino-alcohol motifs (C(OH)–C–C–N with tert-alkyl or cyclic N) is 1. The number of imidazole rings is 1. The Bertz CT molecular complexity index is 1540. The monoisotopic (exact) mass is 597 g/mol. The Morgan fingerprint density at radius 1 is 0.930 bits per heavy atom. The fourth-order valence-electron chi connectivity index (χ4n) is 6.80. The van der Waals surface area contributed by atoms with Crippen LogP contribution in [0.3, 0.4) is 0 Å². The van der Waals surface area contributed by atoms with E-state index in [0.717, 1.165) is 11.6 Å². The third kappa shape index (κ3) is 6.08. The zero-order valence-electron chi connectivity index (χ0n) is 23.9. The maximum atomic E-state index is 14.8. The molecule has 3 aliphatic heterocycles. The Kier molecular flexibility index (Phi) is 8.33. The maximum absolute atomic E-state index is 14.8. The molecule has 3 fully saturated rings. The molecular formula is C30H37F2N7O4. The number of aliphatic hydroxyl groups excluding tert-OH is 1. The van der Waals surface area contributed by atoms with Crippen LogP contribution in [0.1, 0.15) is 56.0 Å². The summed E-state index contributed by atoms with van der Waals surface area (Å²) in [7, 11) is 0. The van der Waals surface area contributed by atoms with Crippen LogP contribution in [0.5, 0.6) is 0 Å². The van der Waals surface area contributed by atoms with Crippen molar-refractivity contribution in [2.75, 3.05) is 39.3 Å². The van der Waals surface area contributed by atoms with Gasteiger partial charge in [-0.15, -0.1) is 0 Å². The third-order valence-electron chi connectivity index (χ3n) is 9.04. The molecule has 11 nitrogen and oxygen atoms in total. The van der Waals surface area contributed by atoms with Crippen LogP contribution < -0.4 is 11.0 Å². The highest BCUT2D eigenvalue weighted by atomic mass is 19.2. The zero-order valence-corrected chi connectivity index (χ0v) is 23.9. The lowest BCUT2D eigenvalue weighted by Gasteiger charge is -2.37. The first-order valence-electron chi connectivity index (χ1n) is 15.0. The first kappa shape index (κ1) is 29.1.